The lowest BCUT2D eigenvalue weighted by atomic mass is 10.1. The third kappa shape index (κ3) is 3.54. The van der Waals surface area contributed by atoms with Gasteiger partial charge in [0, 0.05) is 16.2 Å². The zero-order valence-electron chi connectivity index (χ0n) is 11.6. The largest absolute Gasteiger partial charge is 0.409 e. The molecule has 0 radical (unpaired) electrons. The first kappa shape index (κ1) is 14.5. The van der Waals surface area contributed by atoms with Gasteiger partial charge in [0.25, 0.3) is 0 Å². The summed E-state index contributed by atoms with van der Waals surface area (Å²) in [5.74, 6) is 1.01. The van der Waals surface area contributed by atoms with E-state index in [1.165, 1.54) is 11.1 Å². The van der Waals surface area contributed by atoms with Crippen LogP contribution < -0.4 is 5.73 Å². The van der Waals surface area contributed by atoms with Gasteiger partial charge in [-0.2, -0.15) is 0 Å². The van der Waals surface area contributed by atoms with E-state index in [4.69, 9.17) is 10.9 Å². The molecule has 0 unspecified atom stereocenters. The topological polar surface area (TPSA) is 58.6 Å². The van der Waals surface area contributed by atoms with Crippen LogP contribution in [-0.4, -0.2) is 11.0 Å². The van der Waals surface area contributed by atoms with E-state index < -0.39 is 0 Å². The van der Waals surface area contributed by atoms with Crippen molar-refractivity contribution in [2.45, 2.75) is 24.5 Å². The summed E-state index contributed by atoms with van der Waals surface area (Å²) in [5, 5.41) is 12.0. The Bertz CT molecular complexity index is 638. The number of rotatable bonds is 4. The quantitative estimate of drug-likeness (QED) is 0.296. The Kier molecular flexibility index (Phi) is 4.69. The van der Waals surface area contributed by atoms with Crippen LogP contribution in [0.5, 0.6) is 0 Å². The highest BCUT2D eigenvalue weighted by Crippen LogP contribution is 2.27. The Morgan fingerprint density at radius 1 is 1.15 bits per heavy atom. The molecular formula is C16H18N2OS. The predicted octanol–water partition coefficient (Wildman–Crippen LogP) is 3.69. The number of aryl methyl sites for hydroxylation is 2. The van der Waals surface area contributed by atoms with Crippen LogP contribution in [0.1, 0.15) is 22.3 Å². The number of oxime groups is 1. The van der Waals surface area contributed by atoms with E-state index >= 15 is 0 Å². The van der Waals surface area contributed by atoms with E-state index in [0.29, 0.717) is 0 Å². The number of thioether (sulfide) groups is 1. The highest BCUT2D eigenvalue weighted by atomic mass is 32.2. The minimum absolute atomic E-state index is 0.153. The second-order valence-electron chi connectivity index (χ2n) is 4.76. The second kappa shape index (κ2) is 6.48. The standard InChI is InChI=1S/C16H18N2OS/c1-11-4-3-5-13(8-11)10-20-15-7-6-12(2)9-14(15)16(17)18-19/h3-9,19H,10H2,1-2H3,(H2,17,18). The molecule has 2 aromatic rings. The summed E-state index contributed by atoms with van der Waals surface area (Å²) in [6.45, 7) is 4.07. The monoisotopic (exact) mass is 286 g/mol. The lowest BCUT2D eigenvalue weighted by Crippen LogP contribution is -2.14. The molecule has 4 heteroatoms. The number of amidine groups is 1. The number of hydrogen-bond donors (Lipinski definition) is 2. The van der Waals surface area contributed by atoms with Gasteiger partial charge in [0.2, 0.25) is 0 Å². The van der Waals surface area contributed by atoms with Gasteiger partial charge in [-0.1, -0.05) is 46.6 Å². The van der Waals surface area contributed by atoms with Crippen molar-refractivity contribution in [2.24, 2.45) is 10.9 Å². The van der Waals surface area contributed by atoms with Crippen molar-refractivity contribution in [3.8, 4) is 0 Å². The lowest BCUT2D eigenvalue weighted by Gasteiger charge is -2.09. The maximum atomic E-state index is 8.88. The first-order valence-corrected chi connectivity index (χ1v) is 7.35. The van der Waals surface area contributed by atoms with Crippen molar-refractivity contribution in [3.63, 3.8) is 0 Å². The average molecular weight is 286 g/mol. The molecule has 0 bridgehead atoms. The summed E-state index contributed by atoms with van der Waals surface area (Å²) in [4.78, 5) is 1.02. The van der Waals surface area contributed by atoms with Crippen molar-refractivity contribution < 1.29 is 5.21 Å². The van der Waals surface area contributed by atoms with Crippen molar-refractivity contribution in [3.05, 3.63) is 64.7 Å². The van der Waals surface area contributed by atoms with E-state index in [-0.39, 0.29) is 5.84 Å². The Labute approximate surface area is 123 Å². The van der Waals surface area contributed by atoms with Crippen LogP contribution in [0.2, 0.25) is 0 Å². The maximum Gasteiger partial charge on any atom is 0.171 e. The fourth-order valence-corrected chi connectivity index (χ4v) is 2.97. The molecule has 0 aliphatic rings. The lowest BCUT2D eigenvalue weighted by molar-refractivity contribution is 0.318. The Morgan fingerprint density at radius 3 is 2.60 bits per heavy atom. The zero-order chi connectivity index (χ0) is 14.5. The summed E-state index contributed by atoms with van der Waals surface area (Å²) >= 11 is 1.69. The normalized spacial score (nSPS) is 11.6. The molecule has 2 rings (SSSR count). The van der Waals surface area contributed by atoms with Crippen LogP contribution in [0, 0.1) is 13.8 Å². The minimum Gasteiger partial charge on any atom is -0.409 e. The molecule has 0 atom stereocenters. The van der Waals surface area contributed by atoms with Crippen molar-refractivity contribution in [2.75, 3.05) is 0 Å². The number of nitrogens with two attached hydrogens (primary N) is 1. The summed E-state index contributed by atoms with van der Waals surface area (Å²) in [6.07, 6.45) is 0. The van der Waals surface area contributed by atoms with Gasteiger partial charge in [0.15, 0.2) is 5.84 Å². The number of benzene rings is 2. The summed E-state index contributed by atoms with van der Waals surface area (Å²) < 4.78 is 0. The minimum atomic E-state index is 0.153. The molecule has 104 valence electrons. The van der Waals surface area contributed by atoms with E-state index in [1.807, 2.05) is 25.1 Å². The highest BCUT2D eigenvalue weighted by Gasteiger charge is 2.08. The second-order valence-corrected chi connectivity index (χ2v) is 5.78. The number of nitrogens with zero attached hydrogens (tertiary/aromatic N) is 1. The Morgan fingerprint density at radius 2 is 1.90 bits per heavy atom. The van der Waals surface area contributed by atoms with Crippen LogP contribution in [0.4, 0.5) is 0 Å². The van der Waals surface area contributed by atoms with E-state index in [0.717, 1.165) is 21.8 Å². The maximum absolute atomic E-state index is 8.88. The van der Waals surface area contributed by atoms with E-state index in [9.17, 15) is 0 Å². The molecule has 0 aromatic heterocycles. The summed E-state index contributed by atoms with van der Waals surface area (Å²) in [7, 11) is 0. The molecule has 2 aromatic carbocycles. The first-order chi connectivity index (χ1) is 9.60. The molecular weight excluding hydrogens is 268 g/mol. The van der Waals surface area contributed by atoms with Gasteiger partial charge < -0.3 is 10.9 Å². The smallest absolute Gasteiger partial charge is 0.171 e. The van der Waals surface area contributed by atoms with Crippen molar-refractivity contribution in [1.82, 2.24) is 0 Å². The SMILES string of the molecule is Cc1cccc(CSc2ccc(C)cc2/C(N)=N/O)c1. The van der Waals surface area contributed by atoms with Crippen LogP contribution in [0.3, 0.4) is 0 Å². The van der Waals surface area contributed by atoms with Crippen LogP contribution in [0.15, 0.2) is 52.5 Å². The number of hydrogen-bond acceptors (Lipinski definition) is 3. The van der Waals surface area contributed by atoms with Gasteiger partial charge >= 0.3 is 0 Å². The van der Waals surface area contributed by atoms with Gasteiger partial charge in [-0.25, -0.2) is 0 Å². The zero-order valence-corrected chi connectivity index (χ0v) is 12.4. The summed E-state index contributed by atoms with van der Waals surface area (Å²) in [6, 6.07) is 14.4. The van der Waals surface area contributed by atoms with Gasteiger partial charge in [0.05, 0.1) is 0 Å². The molecule has 0 heterocycles. The van der Waals surface area contributed by atoms with Gasteiger partial charge in [-0.3, -0.25) is 0 Å². The van der Waals surface area contributed by atoms with Crippen LogP contribution in [0.25, 0.3) is 0 Å². The van der Waals surface area contributed by atoms with Crippen LogP contribution >= 0.6 is 11.8 Å². The molecule has 0 spiro atoms. The third-order valence-corrected chi connectivity index (χ3v) is 4.14. The summed E-state index contributed by atoms with van der Waals surface area (Å²) in [5.41, 5.74) is 10.1. The molecule has 0 aliphatic carbocycles. The van der Waals surface area contributed by atoms with E-state index in [2.05, 4.69) is 36.3 Å². The molecule has 0 saturated heterocycles. The molecule has 0 aliphatic heterocycles. The third-order valence-electron chi connectivity index (χ3n) is 3.00. The molecule has 0 amide bonds. The fraction of sp³-hybridized carbons (Fsp3) is 0.188. The average Bonchev–Trinajstić information content (AvgIpc) is 2.45. The van der Waals surface area contributed by atoms with Gasteiger partial charge in [-0.05, 0) is 31.5 Å². The molecule has 0 fully saturated rings. The van der Waals surface area contributed by atoms with E-state index in [1.54, 1.807) is 11.8 Å². The van der Waals surface area contributed by atoms with Crippen molar-refractivity contribution >= 4 is 17.6 Å². The van der Waals surface area contributed by atoms with Crippen LogP contribution in [-0.2, 0) is 5.75 Å². The molecule has 20 heavy (non-hydrogen) atoms. The first-order valence-electron chi connectivity index (χ1n) is 6.37. The molecule has 0 saturated carbocycles. The Hall–Kier alpha value is -1.94. The predicted molar refractivity (Wildman–Crippen MR) is 84.4 cm³/mol. The fourth-order valence-electron chi connectivity index (χ4n) is 1.99. The van der Waals surface area contributed by atoms with Crippen molar-refractivity contribution in [1.29, 1.82) is 0 Å². The van der Waals surface area contributed by atoms with Gasteiger partial charge in [-0.15, -0.1) is 11.8 Å². The molecule has 3 nitrogen and oxygen atoms in total. The Balaban J connectivity index is 2.21. The van der Waals surface area contributed by atoms with Gasteiger partial charge in [0.1, 0.15) is 0 Å². The molecule has 3 N–H and O–H groups in total. The highest BCUT2D eigenvalue weighted by molar-refractivity contribution is 7.98.